The summed E-state index contributed by atoms with van der Waals surface area (Å²) in [6.07, 6.45) is 0. The van der Waals surface area contributed by atoms with Crippen LogP contribution < -0.4 is 4.72 Å². The summed E-state index contributed by atoms with van der Waals surface area (Å²) in [5.41, 5.74) is 0.950. The largest absolute Gasteiger partial charge is 0.281 e. The molecule has 1 aromatic heterocycles. The van der Waals surface area contributed by atoms with Gasteiger partial charge in [0.15, 0.2) is 0 Å². The lowest BCUT2D eigenvalue weighted by Gasteiger charge is -2.08. The molecule has 0 bridgehead atoms. The molecule has 1 heterocycles. The van der Waals surface area contributed by atoms with Gasteiger partial charge in [-0.2, -0.15) is 5.10 Å². The average molecular weight is 348 g/mol. The van der Waals surface area contributed by atoms with Crippen LogP contribution in [0.25, 0.3) is 0 Å². The molecule has 0 saturated heterocycles. The maximum Gasteiger partial charge on any atom is 0.265 e. The Morgan fingerprint density at radius 1 is 1.37 bits per heavy atom. The summed E-state index contributed by atoms with van der Waals surface area (Å²) in [7, 11) is -3.79. The zero-order valence-corrected chi connectivity index (χ0v) is 12.6. The first kappa shape index (κ1) is 14.0. The highest BCUT2D eigenvalue weighted by Gasteiger charge is 2.22. The molecule has 0 atom stereocenters. The summed E-state index contributed by atoms with van der Waals surface area (Å²) >= 11 is 3.00. The van der Waals surface area contributed by atoms with Crippen molar-refractivity contribution in [3.63, 3.8) is 0 Å². The monoisotopic (exact) mass is 347 g/mol. The molecule has 0 fully saturated rings. The van der Waals surface area contributed by atoms with Crippen LogP contribution in [-0.4, -0.2) is 18.6 Å². The SMILES string of the molecule is Cc1n[nH]c(C)c1S(=O)(=O)Nc1ccc(Br)c(F)c1. The molecule has 0 aliphatic carbocycles. The minimum atomic E-state index is -3.79. The Morgan fingerprint density at radius 3 is 2.58 bits per heavy atom. The van der Waals surface area contributed by atoms with Crippen LogP contribution in [0, 0.1) is 19.7 Å². The van der Waals surface area contributed by atoms with Crippen molar-refractivity contribution in [3.8, 4) is 0 Å². The molecule has 0 radical (unpaired) electrons. The quantitative estimate of drug-likeness (QED) is 0.896. The lowest BCUT2D eigenvalue weighted by molar-refractivity contribution is 0.600. The fourth-order valence-corrected chi connectivity index (χ4v) is 3.37. The maximum absolute atomic E-state index is 13.4. The van der Waals surface area contributed by atoms with Gasteiger partial charge in [0.05, 0.1) is 21.5 Å². The third kappa shape index (κ3) is 2.79. The molecule has 2 rings (SSSR count). The third-order valence-corrected chi connectivity index (χ3v) is 4.79. The van der Waals surface area contributed by atoms with E-state index in [9.17, 15) is 12.8 Å². The van der Waals surface area contributed by atoms with Gasteiger partial charge in [0.2, 0.25) is 0 Å². The van der Waals surface area contributed by atoms with Crippen molar-refractivity contribution in [3.05, 3.63) is 39.9 Å². The predicted molar refractivity (Wildman–Crippen MR) is 73.0 cm³/mol. The van der Waals surface area contributed by atoms with Gasteiger partial charge in [-0.25, -0.2) is 12.8 Å². The van der Waals surface area contributed by atoms with Crippen LogP contribution in [0.5, 0.6) is 0 Å². The second-order valence-electron chi connectivity index (χ2n) is 4.00. The van der Waals surface area contributed by atoms with E-state index >= 15 is 0 Å². The van der Waals surface area contributed by atoms with Crippen molar-refractivity contribution in [2.24, 2.45) is 0 Å². The molecular formula is C11H11BrFN3O2S. The topological polar surface area (TPSA) is 74.8 Å². The van der Waals surface area contributed by atoms with Gasteiger partial charge in [-0.15, -0.1) is 0 Å². The smallest absolute Gasteiger partial charge is 0.265 e. The summed E-state index contributed by atoms with van der Waals surface area (Å²) in [6.45, 7) is 3.19. The van der Waals surface area contributed by atoms with Crippen LogP contribution in [0.4, 0.5) is 10.1 Å². The maximum atomic E-state index is 13.4. The minimum Gasteiger partial charge on any atom is -0.281 e. The molecular weight excluding hydrogens is 337 g/mol. The molecule has 1 aromatic carbocycles. The highest BCUT2D eigenvalue weighted by Crippen LogP contribution is 2.23. The van der Waals surface area contributed by atoms with Gasteiger partial charge in [-0.1, -0.05) is 0 Å². The fraction of sp³-hybridized carbons (Fsp3) is 0.182. The van der Waals surface area contributed by atoms with Crippen LogP contribution in [0.2, 0.25) is 0 Å². The number of aromatic nitrogens is 2. The zero-order valence-electron chi connectivity index (χ0n) is 10.2. The first-order valence-corrected chi connectivity index (χ1v) is 7.58. The second-order valence-corrected chi connectivity index (χ2v) is 6.47. The van der Waals surface area contributed by atoms with Crippen LogP contribution in [0.1, 0.15) is 11.4 Å². The number of hydrogen-bond donors (Lipinski definition) is 2. The van der Waals surface area contributed by atoms with Crippen LogP contribution in [0.15, 0.2) is 27.6 Å². The summed E-state index contributed by atoms with van der Waals surface area (Å²) in [6, 6.07) is 4.00. The van der Waals surface area contributed by atoms with Crippen LogP contribution in [-0.2, 0) is 10.0 Å². The number of nitrogens with zero attached hydrogens (tertiary/aromatic N) is 1. The van der Waals surface area contributed by atoms with E-state index in [-0.39, 0.29) is 15.1 Å². The van der Waals surface area contributed by atoms with Gasteiger partial charge < -0.3 is 0 Å². The van der Waals surface area contributed by atoms with E-state index in [1.54, 1.807) is 13.8 Å². The molecule has 8 heteroatoms. The number of H-pyrrole nitrogens is 1. The number of rotatable bonds is 3. The average Bonchev–Trinajstić information content (AvgIpc) is 2.64. The standard InChI is InChI=1S/C11H11BrFN3O2S/c1-6-11(7(2)15-14-6)19(17,18)16-8-3-4-9(12)10(13)5-8/h3-5,16H,1-2H3,(H,14,15). The Morgan fingerprint density at radius 2 is 2.05 bits per heavy atom. The van der Waals surface area contributed by atoms with Crippen molar-refractivity contribution >= 4 is 31.6 Å². The number of nitrogens with one attached hydrogen (secondary N) is 2. The molecule has 0 spiro atoms. The van der Waals surface area contributed by atoms with Crippen LogP contribution >= 0.6 is 15.9 Å². The highest BCUT2D eigenvalue weighted by molar-refractivity contribution is 9.10. The molecule has 5 nitrogen and oxygen atoms in total. The summed E-state index contributed by atoms with van der Waals surface area (Å²) in [4.78, 5) is 0.0795. The fourth-order valence-electron chi connectivity index (χ4n) is 1.70. The van der Waals surface area contributed by atoms with E-state index in [4.69, 9.17) is 0 Å². The highest BCUT2D eigenvalue weighted by atomic mass is 79.9. The van der Waals surface area contributed by atoms with Crippen molar-refractivity contribution in [2.45, 2.75) is 18.7 Å². The van der Waals surface area contributed by atoms with Gasteiger partial charge in [0.25, 0.3) is 10.0 Å². The van der Waals surface area contributed by atoms with Gasteiger partial charge in [-0.05, 0) is 48.0 Å². The van der Waals surface area contributed by atoms with E-state index in [2.05, 4.69) is 30.8 Å². The van der Waals surface area contributed by atoms with E-state index in [0.29, 0.717) is 11.4 Å². The molecule has 102 valence electrons. The van der Waals surface area contributed by atoms with E-state index in [1.165, 1.54) is 12.1 Å². The lowest BCUT2D eigenvalue weighted by atomic mass is 10.3. The van der Waals surface area contributed by atoms with Crippen LogP contribution in [0.3, 0.4) is 0 Å². The Bertz CT molecular complexity index is 708. The number of anilines is 1. The minimum absolute atomic E-state index is 0.0795. The van der Waals surface area contributed by atoms with Gasteiger partial charge in [0, 0.05) is 0 Å². The van der Waals surface area contributed by atoms with Crippen molar-refractivity contribution in [2.75, 3.05) is 4.72 Å². The zero-order chi connectivity index (χ0) is 14.2. The van der Waals surface area contributed by atoms with Gasteiger partial charge in [0.1, 0.15) is 10.7 Å². The summed E-state index contributed by atoms with van der Waals surface area (Å²) in [5, 5.41) is 6.43. The molecule has 0 unspecified atom stereocenters. The van der Waals surface area contributed by atoms with Crippen molar-refractivity contribution in [1.29, 1.82) is 0 Å². The number of aromatic amines is 1. The van der Waals surface area contributed by atoms with E-state index in [1.807, 2.05) is 0 Å². The van der Waals surface area contributed by atoms with Crippen molar-refractivity contribution in [1.82, 2.24) is 10.2 Å². The Labute approximate surface area is 118 Å². The molecule has 2 N–H and O–H groups in total. The molecule has 0 saturated carbocycles. The second kappa shape index (κ2) is 4.93. The molecule has 19 heavy (non-hydrogen) atoms. The number of aryl methyl sites for hydroxylation is 2. The van der Waals surface area contributed by atoms with Gasteiger partial charge >= 0.3 is 0 Å². The molecule has 0 amide bonds. The number of halogens is 2. The number of hydrogen-bond acceptors (Lipinski definition) is 3. The van der Waals surface area contributed by atoms with E-state index in [0.717, 1.165) is 6.07 Å². The lowest BCUT2D eigenvalue weighted by Crippen LogP contribution is -2.14. The molecule has 0 aliphatic rings. The van der Waals surface area contributed by atoms with E-state index < -0.39 is 15.8 Å². The third-order valence-electron chi connectivity index (χ3n) is 2.50. The summed E-state index contributed by atoms with van der Waals surface area (Å²) in [5.74, 6) is -0.541. The first-order valence-electron chi connectivity index (χ1n) is 5.30. The molecule has 0 aliphatic heterocycles. The Kier molecular flexibility index (Phi) is 3.64. The number of sulfonamides is 1. The predicted octanol–water partition coefficient (Wildman–Crippen LogP) is 2.73. The Balaban J connectivity index is 2.39. The Hall–Kier alpha value is -1.41. The van der Waals surface area contributed by atoms with Gasteiger partial charge in [-0.3, -0.25) is 9.82 Å². The molecule has 2 aromatic rings. The summed E-state index contributed by atoms with van der Waals surface area (Å²) < 4.78 is 40.3. The first-order chi connectivity index (χ1) is 8.81. The van der Waals surface area contributed by atoms with Crippen molar-refractivity contribution < 1.29 is 12.8 Å². The normalized spacial score (nSPS) is 11.6. The number of benzene rings is 1.